The van der Waals surface area contributed by atoms with Crippen molar-refractivity contribution in [3.8, 4) is 11.1 Å². The van der Waals surface area contributed by atoms with Gasteiger partial charge in [-0.3, -0.25) is 0 Å². The first-order chi connectivity index (χ1) is 12.7. The van der Waals surface area contributed by atoms with Gasteiger partial charge in [-0.05, 0) is 84.7 Å². The van der Waals surface area contributed by atoms with Crippen molar-refractivity contribution < 1.29 is 10.2 Å². The predicted octanol–water partition coefficient (Wildman–Crippen LogP) is 5.11. The van der Waals surface area contributed by atoms with Crippen LogP contribution in [0.25, 0.3) is 11.1 Å². The van der Waals surface area contributed by atoms with Crippen LogP contribution in [-0.2, 0) is 25.7 Å². The Hall–Kier alpha value is -1.64. The lowest BCUT2D eigenvalue weighted by molar-refractivity contribution is 0.284. The van der Waals surface area contributed by atoms with Gasteiger partial charge in [-0.25, -0.2) is 0 Å². The molecule has 142 valence electrons. The summed E-state index contributed by atoms with van der Waals surface area (Å²) < 4.78 is 0. The fourth-order valence-corrected chi connectivity index (χ4v) is 3.61. The maximum Gasteiger partial charge on any atom is 0.0431 e. The van der Waals surface area contributed by atoms with Crippen molar-refractivity contribution in [2.24, 2.45) is 0 Å². The van der Waals surface area contributed by atoms with Gasteiger partial charge in [0.1, 0.15) is 0 Å². The van der Waals surface area contributed by atoms with Gasteiger partial charge >= 0.3 is 0 Å². The second-order valence-electron chi connectivity index (χ2n) is 7.04. The molecule has 0 aliphatic rings. The Morgan fingerprint density at radius 2 is 1.00 bits per heavy atom. The van der Waals surface area contributed by atoms with Crippen LogP contribution in [0.4, 0.5) is 0 Å². The third-order valence-corrected chi connectivity index (χ3v) is 5.22. The Morgan fingerprint density at radius 1 is 0.577 bits per heavy atom. The molecule has 2 nitrogen and oxygen atoms in total. The number of benzene rings is 2. The molecule has 0 fully saturated rings. The van der Waals surface area contributed by atoms with Crippen LogP contribution in [0.5, 0.6) is 0 Å². The van der Waals surface area contributed by atoms with Gasteiger partial charge in [0, 0.05) is 13.2 Å². The van der Waals surface area contributed by atoms with Crippen molar-refractivity contribution in [3.63, 3.8) is 0 Å². The Bertz CT molecular complexity index is 616. The molecule has 0 heterocycles. The summed E-state index contributed by atoms with van der Waals surface area (Å²) in [5.74, 6) is 0. The molecule has 0 spiro atoms. The van der Waals surface area contributed by atoms with Crippen LogP contribution in [0.15, 0.2) is 36.4 Å². The zero-order valence-electron chi connectivity index (χ0n) is 16.4. The van der Waals surface area contributed by atoms with E-state index in [1.54, 1.807) is 0 Å². The predicted molar refractivity (Wildman–Crippen MR) is 111 cm³/mol. The van der Waals surface area contributed by atoms with E-state index in [4.69, 9.17) is 10.2 Å². The summed E-state index contributed by atoms with van der Waals surface area (Å²) in [6.07, 6.45) is 8.04. The molecule has 2 aromatic rings. The molecule has 0 bridgehead atoms. The van der Waals surface area contributed by atoms with E-state index in [1.807, 2.05) is 0 Å². The van der Waals surface area contributed by atoms with Crippen molar-refractivity contribution in [1.82, 2.24) is 0 Å². The lowest BCUT2D eigenvalue weighted by atomic mass is 9.92. The number of rotatable bonds is 11. The maximum absolute atomic E-state index is 8.99. The second kappa shape index (κ2) is 11.2. The first kappa shape index (κ1) is 20.7. The lowest BCUT2D eigenvalue weighted by Gasteiger charge is -2.13. The number of aliphatic hydroxyl groups excluding tert-OH is 2. The molecule has 26 heavy (non-hydrogen) atoms. The van der Waals surface area contributed by atoms with Crippen molar-refractivity contribution in [2.45, 2.75) is 65.2 Å². The normalized spacial score (nSPS) is 11.1. The second-order valence-corrected chi connectivity index (χ2v) is 7.04. The molecule has 0 radical (unpaired) electrons. The van der Waals surface area contributed by atoms with E-state index in [9.17, 15) is 0 Å². The Morgan fingerprint density at radius 3 is 1.35 bits per heavy atom. The number of hydrogen-bond donors (Lipinski definition) is 2. The molecule has 2 heteroatoms. The van der Waals surface area contributed by atoms with Crippen LogP contribution < -0.4 is 0 Å². The van der Waals surface area contributed by atoms with E-state index in [0.29, 0.717) is 0 Å². The maximum atomic E-state index is 8.99. The highest BCUT2D eigenvalue weighted by atomic mass is 16.3. The van der Waals surface area contributed by atoms with Gasteiger partial charge in [-0.1, -0.05) is 50.2 Å². The molecule has 0 saturated carbocycles. The molecule has 0 aliphatic heterocycles. The summed E-state index contributed by atoms with van der Waals surface area (Å²) in [5, 5.41) is 18.0. The van der Waals surface area contributed by atoms with Crippen molar-refractivity contribution in [1.29, 1.82) is 0 Å². The van der Waals surface area contributed by atoms with E-state index < -0.39 is 0 Å². The smallest absolute Gasteiger partial charge is 0.0431 e. The standard InChI is InChI=1S/C24H34O2/c1-3-19-17-23(13-11-21(19)9-5-7-15-25)24-14-12-22(10-6-8-16-26)20(4-2)18-24/h11-14,17-18,25-26H,3-10,15-16H2,1-2H3. The minimum absolute atomic E-state index is 0.282. The monoisotopic (exact) mass is 354 g/mol. The molecule has 0 aromatic heterocycles. The van der Waals surface area contributed by atoms with Crippen molar-refractivity contribution in [2.75, 3.05) is 13.2 Å². The van der Waals surface area contributed by atoms with Crippen LogP contribution >= 0.6 is 0 Å². The molecule has 0 amide bonds. The molecule has 2 N–H and O–H groups in total. The first-order valence-electron chi connectivity index (χ1n) is 10.2. The average Bonchev–Trinajstić information content (AvgIpc) is 2.68. The van der Waals surface area contributed by atoms with Gasteiger partial charge in [-0.2, -0.15) is 0 Å². The number of hydrogen-bond acceptors (Lipinski definition) is 2. The van der Waals surface area contributed by atoms with Gasteiger partial charge in [0.15, 0.2) is 0 Å². The van der Waals surface area contributed by atoms with Crippen molar-refractivity contribution in [3.05, 3.63) is 58.7 Å². The molecular formula is C24H34O2. The molecular weight excluding hydrogens is 320 g/mol. The minimum atomic E-state index is 0.282. The summed E-state index contributed by atoms with van der Waals surface area (Å²) in [7, 11) is 0. The van der Waals surface area contributed by atoms with Gasteiger partial charge < -0.3 is 10.2 Å². The summed E-state index contributed by atoms with van der Waals surface area (Å²) >= 11 is 0. The molecule has 0 atom stereocenters. The highest BCUT2D eigenvalue weighted by Crippen LogP contribution is 2.27. The highest BCUT2D eigenvalue weighted by Gasteiger charge is 2.08. The van der Waals surface area contributed by atoms with E-state index in [0.717, 1.165) is 51.4 Å². The number of aliphatic hydroxyl groups is 2. The third kappa shape index (κ3) is 5.69. The van der Waals surface area contributed by atoms with Gasteiger partial charge in [0.25, 0.3) is 0 Å². The lowest BCUT2D eigenvalue weighted by Crippen LogP contribution is -1.97. The largest absolute Gasteiger partial charge is 0.396 e. The molecule has 2 rings (SSSR count). The average molecular weight is 355 g/mol. The summed E-state index contributed by atoms with van der Waals surface area (Å²) in [5.41, 5.74) is 8.27. The molecule has 0 aliphatic carbocycles. The quantitative estimate of drug-likeness (QED) is 0.551. The van der Waals surface area contributed by atoms with E-state index >= 15 is 0 Å². The Balaban J connectivity index is 2.21. The van der Waals surface area contributed by atoms with Crippen LogP contribution in [0.1, 0.15) is 61.8 Å². The van der Waals surface area contributed by atoms with E-state index in [1.165, 1.54) is 33.4 Å². The first-order valence-corrected chi connectivity index (χ1v) is 10.2. The fourth-order valence-electron chi connectivity index (χ4n) is 3.61. The fraction of sp³-hybridized carbons (Fsp3) is 0.500. The highest BCUT2D eigenvalue weighted by molar-refractivity contribution is 5.66. The van der Waals surface area contributed by atoms with Gasteiger partial charge in [0.2, 0.25) is 0 Å². The molecule has 0 saturated heterocycles. The van der Waals surface area contributed by atoms with Gasteiger partial charge in [0.05, 0.1) is 0 Å². The number of unbranched alkanes of at least 4 members (excludes halogenated alkanes) is 2. The SMILES string of the molecule is CCc1cc(-c2ccc(CCCCO)c(CC)c2)ccc1CCCCO. The van der Waals surface area contributed by atoms with E-state index in [2.05, 4.69) is 50.2 Å². The summed E-state index contributed by atoms with van der Waals surface area (Å²) in [4.78, 5) is 0. The van der Waals surface area contributed by atoms with Crippen molar-refractivity contribution >= 4 is 0 Å². The van der Waals surface area contributed by atoms with E-state index in [-0.39, 0.29) is 13.2 Å². The zero-order chi connectivity index (χ0) is 18.8. The van der Waals surface area contributed by atoms with Gasteiger partial charge in [-0.15, -0.1) is 0 Å². The molecule has 0 unspecified atom stereocenters. The topological polar surface area (TPSA) is 40.5 Å². The summed E-state index contributed by atoms with van der Waals surface area (Å²) in [6, 6.07) is 13.7. The minimum Gasteiger partial charge on any atom is -0.396 e. The van der Waals surface area contributed by atoms with Crippen LogP contribution in [-0.4, -0.2) is 23.4 Å². The van der Waals surface area contributed by atoms with Crippen LogP contribution in [0.2, 0.25) is 0 Å². The van der Waals surface area contributed by atoms with Crippen LogP contribution in [0.3, 0.4) is 0 Å². The van der Waals surface area contributed by atoms with Crippen LogP contribution in [0, 0.1) is 0 Å². The summed E-state index contributed by atoms with van der Waals surface area (Å²) in [6.45, 7) is 5.00. The number of aryl methyl sites for hydroxylation is 4. The Labute approximate surface area is 158 Å². The third-order valence-electron chi connectivity index (χ3n) is 5.22. The zero-order valence-corrected chi connectivity index (χ0v) is 16.4. The molecule has 2 aromatic carbocycles. The Kier molecular flexibility index (Phi) is 8.87.